The quantitative estimate of drug-likeness (QED) is 0.806. The summed E-state index contributed by atoms with van der Waals surface area (Å²) < 4.78 is 40.7. The van der Waals surface area contributed by atoms with Crippen LogP contribution >= 0.6 is 0 Å². The second-order valence-electron chi connectivity index (χ2n) is 4.28. The Morgan fingerprint density at radius 2 is 2.10 bits per heavy atom. The minimum Gasteiger partial charge on any atom is -0.369 e. The van der Waals surface area contributed by atoms with Crippen molar-refractivity contribution in [2.45, 2.75) is 13.1 Å². The van der Waals surface area contributed by atoms with Gasteiger partial charge in [0.15, 0.2) is 17.2 Å². The Hall–Kier alpha value is -2.58. The maximum absolute atomic E-state index is 12.6. The van der Waals surface area contributed by atoms with E-state index in [0.29, 0.717) is 18.0 Å². The lowest BCUT2D eigenvalue weighted by Crippen LogP contribution is -2.10. The van der Waals surface area contributed by atoms with Gasteiger partial charge in [-0.1, -0.05) is 0 Å². The molecule has 0 aromatic carbocycles. The number of imidazole rings is 1. The zero-order valence-corrected chi connectivity index (χ0v) is 11.0. The van der Waals surface area contributed by atoms with Gasteiger partial charge >= 0.3 is 6.18 Å². The monoisotopic (exact) mass is 296 g/mol. The molecule has 6 nitrogen and oxygen atoms in total. The first kappa shape index (κ1) is 13.4. The van der Waals surface area contributed by atoms with E-state index in [9.17, 15) is 13.2 Å². The largest absolute Gasteiger partial charge is 0.435 e. The second-order valence-corrected chi connectivity index (χ2v) is 4.28. The summed E-state index contributed by atoms with van der Waals surface area (Å²) in [5.41, 5.74) is -0.545. The first-order valence-corrected chi connectivity index (χ1v) is 6.20. The molecule has 0 bridgehead atoms. The lowest BCUT2D eigenvalue weighted by molar-refractivity contribution is -0.141. The number of fused-ring (bicyclic) bond motifs is 1. The van der Waals surface area contributed by atoms with Gasteiger partial charge in [-0.15, -0.1) is 0 Å². The van der Waals surface area contributed by atoms with Crippen molar-refractivity contribution in [3.63, 3.8) is 0 Å². The molecular formula is C12H11F3N6. The first-order chi connectivity index (χ1) is 9.99. The summed E-state index contributed by atoms with van der Waals surface area (Å²) in [6, 6.07) is 0.904. The summed E-state index contributed by atoms with van der Waals surface area (Å²) >= 11 is 0. The molecule has 0 spiro atoms. The number of hydrogen-bond donors (Lipinski definition) is 1. The summed E-state index contributed by atoms with van der Waals surface area (Å²) in [5, 5.41) is 6.54. The molecule has 0 unspecified atom stereocenters. The smallest absolute Gasteiger partial charge is 0.369 e. The Morgan fingerprint density at radius 1 is 1.29 bits per heavy atom. The van der Waals surface area contributed by atoms with E-state index in [0.717, 1.165) is 10.7 Å². The Bertz CT molecular complexity index is 773. The minimum absolute atomic E-state index is 0.231. The summed E-state index contributed by atoms with van der Waals surface area (Å²) in [5.74, 6) is 0.760. The zero-order valence-electron chi connectivity index (χ0n) is 11.0. The molecule has 110 valence electrons. The van der Waals surface area contributed by atoms with Crippen LogP contribution in [0.3, 0.4) is 0 Å². The topological polar surface area (TPSA) is 60.0 Å². The highest BCUT2D eigenvalue weighted by Crippen LogP contribution is 2.28. The maximum atomic E-state index is 12.6. The molecule has 0 saturated heterocycles. The van der Waals surface area contributed by atoms with Gasteiger partial charge in [0.05, 0.1) is 6.20 Å². The molecule has 1 N–H and O–H groups in total. The Morgan fingerprint density at radius 3 is 2.76 bits per heavy atom. The van der Waals surface area contributed by atoms with Gasteiger partial charge in [-0.3, -0.25) is 0 Å². The van der Waals surface area contributed by atoms with E-state index in [1.165, 1.54) is 6.20 Å². The van der Waals surface area contributed by atoms with Crippen molar-refractivity contribution >= 4 is 11.5 Å². The lowest BCUT2D eigenvalue weighted by atomic mass is 10.4. The minimum atomic E-state index is -4.49. The Balaban J connectivity index is 2.14. The number of hydrogen-bond acceptors (Lipinski definition) is 4. The molecule has 3 aromatic rings. The normalized spacial score (nSPS) is 12.0. The van der Waals surface area contributed by atoms with Crippen LogP contribution < -0.4 is 5.32 Å². The number of aromatic nitrogens is 5. The summed E-state index contributed by atoms with van der Waals surface area (Å²) in [7, 11) is 0. The molecule has 21 heavy (non-hydrogen) atoms. The van der Waals surface area contributed by atoms with Crippen LogP contribution in [0.5, 0.6) is 0 Å². The Labute approximate surface area is 117 Å². The van der Waals surface area contributed by atoms with Crippen LogP contribution in [-0.2, 0) is 6.18 Å². The van der Waals surface area contributed by atoms with Crippen LogP contribution in [0, 0.1) is 0 Å². The third-order valence-electron chi connectivity index (χ3n) is 2.81. The standard InChI is InChI=1S/C12H11F3N6/c1-2-16-9-7-20-6-4-17-10(20)11(18-9)21-5-3-8(19-21)12(13,14)15/h3-7,16H,2H2,1H3. The van der Waals surface area contributed by atoms with Gasteiger partial charge in [-0.2, -0.15) is 18.3 Å². The van der Waals surface area contributed by atoms with Crippen LogP contribution in [0.1, 0.15) is 12.6 Å². The van der Waals surface area contributed by atoms with E-state index in [2.05, 4.69) is 20.4 Å². The molecule has 0 aliphatic carbocycles. The highest BCUT2D eigenvalue weighted by atomic mass is 19.4. The molecule has 0 aliphatic rings. The van der Waals surface area contributed by atoms with Crippen molar-refractivity contribution in [3.8, 4) is 5.82 Å². The van der Waals surface area contributed by atoms with E-state index in [1.54, 1.807) is 23.0 Å². The van der Waals surface area contributed by atoms with E-state index in [1.807, 2.05) is 6.92 Å². The van der Waals surface area contributed by atoms with Crippen molar-refractivity contribution in [2.75, 3.05) is 11.9 Å². The summed E-state index contributed by atoms with van der Waals surface area (Å²) in [6.45, 7) is 2.54. The number of anilines is 1. The van der Waals surface area contributed by atoms with Crippen molar-refractivity contribution in [1.82, 2.24) is 24.1 Å². The molecule has 0 fully saturated rings. The SMILES string of the molecule is CCNc1cn2ccnc2c(-n2ccc(C(F)(F)F)n2)n1. The predicted octanol–water partition coefficient (Wildman–Crippen LogP) is 2.37. The molecule has 0 atom stereocenters. The van der Waals surface area contributed by atoms with Crippen molar-refractivity contribution in [3.05, 3.63) is 36.5 Å². The van der Waals surface area contributed by atoms with Crippen molar-refractivity contribution < 1.29 is 13.2 Å². The van der Waals surface area contributed by atoms with E-state index < -0.39 is 11.9 Å². The maximum Gasteiger partial charge on any atom is 0.435 e. The van der Waals surface area contributed by atoms with Gasteiger partial charge in [0.2, 0.25) is 0 Å². The van der Waals surface area contributed by atoms with Gasteiger partial charge in [-0.25, -0.2) is 14.6 Å². The molecule has 0 radical (unpaired) electrons. The highest BCUT2D eigenvalue weighted by molar-refractivity contribution is 5.57. The molecule has 9 heteroatoms. The molecule has 0 aliphatic heterocycles. The van der Waals surface area contributed by atoms with Crippen LogP contribution in [0.4, 0.5) is 19.0 Å². The average molecular weight is 296 g/mol. The average Bonchev–Trinajstić information content (AvgIpc) is 3.06. The molecule has 3 aromatic heterocycles. The first-order valence-electron chi connectivity index (χ1n) is 6.20. The molecule has 3 heterocycles. The van der Waals surface area contributed by atoms with Gasteiger partial charge in [0.25, 0.3) is 0 Å². The van der Waals surface area contributed by atoms with E-state index in [4.69, 9.17) is 0 Å². The third kappa shape index (κ3) is 2.41. The van der Waals surface area contributed by atoms with Crippen LogP contribution in [-0.4, -0.2) is 30.7 Å². The van der Waals surface area contributed by atoms with Crippen LogP contribution in [0.2, 0.25) is 0 Å². The van der Waals surface area contributed by atoms with Crippen LogP contribution in [0.25, 0.3) is 11.5 Å². The summed E-state index contributed by atoms with van der Waals surface area (Å²) in [4.78, 5) is 8.37. The zero-order chi connectivity index (χ0) is 15.0. The highest BCUT2D eigenvalue weighted by Gasteiger charge is 2.34. The lowest BCUT2D eigenvalue weighted by Gasteiger charge is -2.08. The number of nitrogens with one attached hydrogen (secondary N) is 1. The predicted molar refractivity (Wildman–Crippen MR) is 69.3 cm³/mol. The van der Waals surface area contributed by atoms with Gasteiger partial charge in [-0.05, 0) is 13.0 Å². The second kappa shape index (κ2) is 4.76. The fourth-order valence-corrected chi connectivity index (χ4v) is 1.93. The third-order valence-corrected chi connectivity index (χ3v) is 2.81. The molecular weight excluding hydrogens is 285 g/mol. The number of alkyl halides is 3. The van der Waals surface area contributed by atoms with Gasteiger partial charge < -0.3 is 9.72 Å². The van der Waals surface area contributed by atoms with Crippen molar-refractivity contribution in [1.29, 1.82) is 0 Å². The van der Waals surface area contributed by atoms with E-state index >= 15 is 0 Å². The van der Waals surface area contributed by atoms with Gasteiger partial charge in [0, 0.05) is 25.1 Å². The number of rotatable bonds is 3. The number of halogens is 3. The fraction of sp³-hybridized carbons (Fsp3) is 0.250. The Kier molecular flexibility index (Phi) is 3.04. The number of nitrogens with zero attached hydrogens (tertiary/aromatic N) is 5. The molecule has 0 amide bonds. The fourth-order valence-electron chi connectivity index (χ4n) is 1.93. The molecule has 3 rings (SSSR count). The summed E-state index contributed by atoms with van der Waals surface area (Å²) in [6.07, 6.45) is 1.68. The van der Waals surface area contributed by atoms with Crippen LogP contribution in [0.15, 0.2) is 30.9 Å². The van der Waals surface area contributed by atoms with Gasteiger partial charge in [0.1, 0.15) is 5.82 Å². The molecule has 0 saturated carbocycles. The van der Waals surface area contributed by atoms with Crippen molar-refractivity contribution in [2.24, 2.45) is 0 Å². The van der Waals surface area contributed by atoms with E-state index in [-0.39, 0.29) is 5.82 Å².